The fraction of sp³-hybridized carbons (Fsp3) is 1.00. The Kier molecular flexibility index (Phi) is 5.88. The van der Waals surface area contributed by atoms with Crippen molar-refractivity contribution in [2.45, 2.75) is 65.1 Å². The molecule has 118 valence electrons. The van der Waals surface area contributed by atoms with Gasteiger partial charge in [-0.25, -0.2) is 0 Å². The predicted molar refractivity (Wildman–Crippen MR) is 87.1 cm³/mol. The highest BCUT2D eigenvalue weighted by Crippen LogP contribution is 2.31. The molecule has 2 aliphatic rings. The zero-order valence-corrected chi connectivity index (χ0v) is 14.2. The molecular weight excluding hydrogens is 246 g/mol. The van der Waals surface area contributed by atoms with Crippen molar-refractivity contribution in [3.05, 3.63) is 0 Å². The van der Waals surface area contributed by atoms with E-state index in [0.29, 0.717) is 6.04 Å². The maximum Gasteiger partial charge on any atom is 0.0148 e. The van der Waals surface area contributed by atoms with Gasteiger partial charge in [0.25, 0.3) is 0 Å². The van der Waals surface area contributed by atoms with Crippen LogP contribution in [0, 0.1) is 11.8 Å². The van der Waals surface area contributed by atoms with Crippen molar-refractivity contribution in [3.63, 3.8) is 0 Å². The quantitative estimate of drug-likeness (QED) is 0.854. The summed E-state index contributed by atoms with van der Waals surface area (Å²) in [6, 6.07) is 2.24. The molecular formula is C17H35N3. The Balaban J connectivity index is 1.94. The average Bonchev–Trinajstić information content (AvgIpc) is 2.41. The van der Waals surface area contributed by atoms with Crippen molar-refractivity contribution < 1.29 is 0 Å². The predicted octanol–water partition coefficient (Wildman–Crippen LogP) is 2.43. The SMILES string of the molecule is CCCNC1CCN(C2CCN(C)CC2C)C(C)C1C. The second-order valence-electron chi connectivity index (χ2n) is 7.28. The van der Waals surface area contributed by atoms with Gasteiger partial charge in [0, 0.05) is 31.2 Å². The first-order chi connectivity index (χ1) is 9.54. The monoisotopic (exact) mass is 281 g/mol. The Hall–Kier alpha value is -0.120. The lowest BCUT2D eigenvalue weighted by Gasteiger charge is -2.50. The summed E-state index contributed by atoms with van der Waals surface area (Å²) < 4.78 is 0. The number of nitrogens with zero attached hydrogens (tertiary/aromatic N) is 2. The number of piperidine rings is 2. The van der Waals surface area contributed by atoms with Gasteiger partial charge in [0.05, 0.1) is 0 Å². The van der Waals surface area contributed by atoms with Crippen LogP contribution in [0.5, 0.6) is 0 Å². The third-order valence-electron chi connectivity index (χ3n) is 5.76. The largest absolute Gasteiger partial charge is 0.314 e. The lowest BCUT2D eigenvalue weighted by atomic mass is 9.82. The van der Waals surface area contributed by atoms with Crippen molar-refractivity contribution in [1.82, 2.24) is 15.1 Å². The van der Waals surface area contributed by atoms with Crippen LogP contribution in [-0.4, -0.2) is 61.2 Å². The first-order valence-corrected chi connectivity index (χ1v) is 8.72. The number of likely N-dealkylation sites (tertiary alicyclic amines) is 2. The molecule has 5 atom stereocenters. The Labute approximate surface area is 126 Å². The van der Waals surface area contributed by atoms with Crippen LogP contribution in [0.15, 0.2) is 0 Å². The number of hydrogen-bond acceptors (Lipinski definition) is 3. The van der Waals surface area contributed by atoms with E-state index in [0.717, 1.165) is 23.9 Å². The number of nitrogens with one attached hydrogen (secondary N) is 1. The standard InChI is InChI=1S/C17H35N3/c1-6-9-18-16-7-11-20(15(4)14(16)3)17-8-10-19(5)12-13(17)2/h13-18H,6-12H2,1-5H3. The number of rotatable bonds is 4. The average molecular weight is 281 g/mol. The van der Waals surface area contributed by atoms with Gasteiger partial charge in [0.15, 0.2) is 0 Å². The summed E-state index contributed by atoms with van der Waals surface area (Å²) in [5.41, 5.74) is 0. The first kappa shape index (κ1) is 16.3. The Bertz CT molecular complexity index is 294. The van der Waals surface area contributed by atoms with Crippen LogP contribution in [0.1, 0.15) is 47.0 Å². The minimum Gasteiger partial charge on any atom is -0.314 e. The molecule has 3 nitrogen and oxygen atoms in total. The van der Waals surface area contributed by atoms with Crippen molar-refractivity contribution in [2.24, 2.45) is 11.8 Å². The summed E-state index contributed by atoms with van der Waals surface area (Å²) in [6.07, 6.45) is 3.92. The summed E-state index contributed by atoms with van der Waals surface area (Å²) in [6.45, 7) is 14.6. The zero-order chi connectivity index (χ0) is 14.7. The van der Waals surface area contributed by atoms with Crippen LogP contribution in [0.2, 0.25) is 0 Å². The highest BCUT2D eigenvalue weighted by molar-refractivity contribution is 4.94. The van der Waals surface area contributed by atoms with E-state index >= 15 is 0 Å². The maximum atomic E-state index is 3.76. The highest BCUT2D eigenvalue weighted by Gasteiger charge is 2.38. The van der Waals surface area contributed by atoms with Crippen molar-refractivity contribution in [1.29, 1.82) is 0 Å². The molecule has 0 aromatic carbocycles. The van der Waals surface area contributed by atoms with Crippen LogP contribution in [-0.2, 0) is 0 Å². The molecule has 1 N–H and O–H groups in total. The molecule has 0 aliphatic carbocycles. The van der Waals surface area contributed by atoms with Crippen LogP contribution in [0.4, 0.5) is 0 Å². The number of hydrogen-bond donors (Lipinski definition) is 1. The summed E-state index contributed by atoms with van der Waals surface area (Å²) in [5.74, 6) is 1.57. The summed E-state index contributed by atoms with van der Waals surface area (Å²) >= 11 is 0. The molecule has 3 heteroatoms. The van der Waals surface area contributed by atoms with E-state index in [1.807, 2.05) is 0 Å². The Morgan fingerprint density at radius 1 is 1.10 bits per heavy atom. The smallest absolute Gasteiger partial charge is 0.0148 e. The van der Waals surface area contributed by atoms with Gasteiger partial charge in [-0.1, -0.05) is 20.8 Å². The van der Waals surface area contributed by atoms with Crippen LogP contribution in [0.3, 0.4) is 0 Å². The fourth-order valence-corrected chi connectivity index (χ4v) is 4.31. The molecule has 0 aromatic rings. The Morgan fingerprint density at radius 2 is 1.85 bits per heavy atom. The normalized spacial score (nSPS) is 41.0. The molecule has 2 fully saturated rings. The van der Waals surface area contributed by atoms with Gasteiger partial charge < -0.3 is 10.2 Å². The van der Waals surface area contributed by atoms with Crippen LogP contribution >= 0.6 is 0 Å². The highest BCUT2D eigenvalue weighted by atomic mass is 15.2. The van der Waals surface area contributed by atoms with Gasteiger partial charge in [-0.15, -0.1) is 0 Å². The second-order valence-corrected chi connectivity index (χ2v) is 7.28. The van der Waals surface area contributed by atoms with Gasteiger partial charge in [-0.2, -0.15) is 0 Å². The first-order valence-electron chi connectivity index (χ1n) is 8.72. The van der Waals surface area contributed by atoms with Crippen molar-refractivity contribution in [3.8, 4) is 0 Å². The Morgan fingerprint density at radius 3 is 2.50 bits per heavy atom. The minimum atomic E-state index is 0.717. The van der Waals surface area contributed by atoms with Crippen molar-refractivity contribution >= 4 is 0 Å². The molecule has 0 saturated carbocycles. The third-order valence-corrected chi connectivity index (χ3v) is 5.76. The molecule has 2 saturated heterocycles. The van der Waals surface area contributed by atoms with Gasteiger partial charge in [-0.3, -0.25) is 4.90 Å². The zero-order valence-electron chi connectivity index (χ0n) is 14.2. The fourth-order valence-electron chi connectivity index (χ4n) is 4.31. The van der Waals surface area contributed by atoms with Crippen LogP contribution in [0.25, 0.3) is 0 Å². The van der Waals surface area contributed by atoms with Gasteiger partial charge >= 0.3 is 0 Å². The molecule has 20 heavy (non-hydrogen) atoms. The van der Waals surface area contributed by atoms with E-state index < -0.39 is 0 Å². The molecule has 2 rings (SSSR count). The van der Waals surface area contributed by atoms with Gasteiger partial charge in [0.1, 0.15) is 0 Å². The molecule has 0 bridgehead atoms. The third kappa shape index (κ3) is 3.55. The maximum absolute atomic E-state index is 3.76. The molecule has 2 aliphatic heterocycles. The molecule has 0 radical (unpaired) electrons. The molecule has 0 spiro atoms. The molecule has 2 heterocycles. The topological polar surface area (TPSA) is 18.5 Å². The second kappa shape index (κ2) is 7.24. The molecule has 0 amide bonds. The molecule has 5 unspecified atom stereocenters. The van der Waals surface area contributed by atoms with Crippen LogP contribution < -0.4 is 5.32 Å². The summed E-state index contributed by atoms with van der Waals surface area (Å²) in [5, 5.41) is 3.76. The van der Waals surface area contributed by atoms with E-state index in [9.17, 15) is 0 Å². The van der Waals surface area contributed by atoms with Crippen molar-refractivity contribution in [2.75, 3.05) is 33.2 Å². The lowest BCUT2D eigenvalue weighted by Crippen LogP contribution is -2.59. The van der Waals surface area contributed by atoms with E-state index in [1.165, 1.54) is 45.4 Å². The van der Waals surface area contributed by atoms with E-state index in [2.05, 4.69) is 49.9 Å². The van der Waals surface area contributed by atoms with Gasteiger partial charge in [-0.05, 0) is 58.2 Å². The van der Waals surface area contributed by atoms with E-state index in [1.54, 1.807) is 0 Å². The molecule has 0 aromatic heterocycles. The van der Waals surface area contributed by atoms with E-state index in [4.69, 9.17) is 0 Å². The lowest BCUT2D eigenvalue weighted by molar-refractivity contribution is -0.00227. The summed E-state index contributed by atoms with van der Waals surface area (Å²) in [7, 11) is 2.26. The summed E-state index contributed by atoms with van der Waals surface area (Å²) in [4.78, 5) is 5.32. The van der Waals surface area contributed by atoms with E-state index in [-0.39, 0.29) is 0 Å². The van der Waals surface area contributed by atoms with Gasteiger partial charge in [0.2, 0.25) is 0 Å². The minimum absolute atomic E-state index is 0.717.